The van der Waals surface area contributed by atoms with Crippen molar-refractivity contribution in [2.45, 2.75) is 39.3 Å². The van der Waals surface area contributed by atoms with E-state index < -0.39 is 18.0 Å². The van der Waals surface area contributed by atoms with Crippen molar-refractivity contribution in [3.8, 4) is 0 Å². The summed E-state index contributed by atoms with van der Waals surface area (Å²) in [6.07, 6.45) is 1.84. The molecule has 1 unspecified atom stereocenters. The van der Waals surface area contributed by atoms with Gasteiger partial charge in [0.05, 0.1) is 11.1 Å². The van der Waals surface area contributed by atoms with Gasteiger partial charge in [-0.05, 0) is 44.2 Å². The summed E-state index contributed by atoms with van der Waals surface area (Å²) in [5, 5.41) is 3.50. The Balaban J connectivity index is 1.64. The van der Waals surface area contributed by atoms with Crippen molar-refractivity contribution in [2.24, 2.45) is 0 Å². The van der Waals surface area contributed by atoms with E-state index in [0.29, 0.717) is 24.3 Å². The van der Waals surface area contributed by atoms with Crippen LogP contribution in [0.4, 0.5) is 5.82 Å². The standard InChI is InChI=1S/C24H26N4O3/c1-4-20(23(29)27-21-13-15(2)9-11-25-21)31-24(30)22-16-7-5-6-8-18(16)26-19-10-12-28(3)14-17(19)22/h5-9,11,13,20H,4,10,12,14H2,1-3H3,(H,25,27,29). The van der Waals surface area contributed by atoms with Crippen molar-refractivity contribution < 1.29 is 14.3 Å². The number of hydrogen-bond acceptors (Lipinski definition) is 6. The number of ether oxygens (including phenoxy) is 1. The SMILES string of the molecule is CCC(OC(=O)c1c2c(nc3ccccc13)CCN(C)C2)C(=O)Nc1cc(C)ccn1. The second-order valence-electron chi connectivity index (χ2n) is 7.93. The van der Waals surface area contributed by atoms with Gasteiger partial charge in [-0.25, -0.2) is 9.78 Å². The zero-order chi connectivity index (χ0) is 22.0. The molecule has 160 valence electrons. The number of rotatable bonds is 5. The van der Waals surface area contributed by atoms with Gasteiger partial charge >= 0.3 is 5.97 Å². The largest absolute Gasteiger partial charge is 0.449 e. The molecule has 4 rings (SSSR count). The smallest absolute Gasteiger partial charge is 0.340 e. The Morgan fingerprint density at radius 1 is 1.26 bits per heavy atom. The number of hydrogen-bond donors (Lipinski definition) is 1. The molecule has 1 atom stereocenters. The molecule has 1 amide bonds. The molecule has 0 radical (unpaired) electrons. The van der Waals surface area contributed by atoms with Gasteiger partial charge in [-0.3, -0.25) is 9.78 Å². The van der Waals surface area contributed by atoms with Crippen LogP contribution in [0, 0.1) is 6.92 Å². The van der Waals surface area contributed by atoms with Gasteiger partial charge in [0.25, 0.3) is 5.91 Å². The fourth-order valence-electron chi connectivity index (χ4n) is 3.88. The van der Waals surface area contributed by atoms with E-state index >= 15 is 0 Å². The molecule has 0 bridgehead atoms. The van der Waals surface area contributed by atoms with Gasteiger partial charge in [-0.15, -0.1) is 0 Å². The minimum absolute atomic E-state index is 0.356. The lowest BCUT2D eigenvalue weighted by Crippen LogP contribution is -2.34. The summed E-state index contributed by atoms with van der Waals surface area (Å²) in [6, 6.07) is 11.2. The van der Waals surface area contributed by atoms with Gasteiger partial charge in [0.1, 0.15) is 5.82 Å². The Bertz CT molecular complexity index is 1140. The molecular formula is C24H26N4O3. The first kappa shape index (κ1) is 20.9. The van der Waals surface area contributed by atoms with E-state index in [9.17, 15) is 9.59 Å². The molecule has 1 aliphatic rings. The van der Waals surface area contributed by atoms with Crippen LogP contribution in [0.5, 0.6) is 0 Å². The minimum Gasteiger partial charge on any atom is -0.449 e. The Morgan fingerprint density at radius 2 is 2.06 bits per heavy atom. The third kappa shape index (κ3) is 4.41. The predicted molar refractivity (Wildman–Crippen MR) is 119 cm³/mol. The molecule has 1 aromatic carbocycles. The summed E-state index contributed by atoms with van der Waals surface area (Å²) in [6.45, 7) is 5.24. The molecule has 3 heterocycles. The average Bonchev–Trinajstić information content (AvgIpc) is 2.75. The van der Waals surface area contributed by atoms with Crippen molar-refractivity contribution in [1.82, 2.24) is 14.9 Å². The topological polar surface area (TPSA) is 84.4 Å². The van der Waals surface area contributed by atoms with Gasteiger partial charge in [-0.1, -0.05) is 25.1 Å². The molecule has 0 saturated heterocycles. The summed E-state index contributed by atoms with van der Waals surface area (Å²) < 4.78 is 5.73. The highest BCUT2D eigenvalue weighted by atomic mass is 16.5. The number of carbonyl (C=O) groups is 2. The number of anilines is 1. The van der Waals surface area contributed by atoms with E-state index in [1.165, 1.54) is 0 Å². The van der Waals surface area contributed by atoms with E-state index in [1.807, 2.05) is 51.2 Å². The lowest BCUT2D eigenvalue weighted by atomic mass is 9.96. The first-order valence-corrected chi connectivity index (χ1v) is 10.5. The lowest BCUT2D eigenvalue weighted by molar-refractivity contribution is -0.124. The van der Waals surface area contributed by atoms with Crippen LogP contribution in [0.2, 0.25) is 0 Å². The van der Waals surface area contributed by atoms with E-state index in [-0.39, 0.29) is 0 Å². The van der Waals surface area contributed by atoms with Crippen LogP contribution >= 0.6 is 0 Å². The second-order valence-corrected chi connectivity index (χ2v) is 7.93. The Morgan fingerprint density at radius 3 is 2.84 bits per heavy atom. The van der Waals surface area contributed by atoms with E-state index in [1.54, 1.807) is 12.3 Å². The minimum atomic E-state index is -0.918. The first-order chi connectivity index (χ1) is 15.0. The number of esters is 1. The molecule has 3 aromatic rings. The number of aryl methyl sites for hydroxylation is 1. The molecule has 1 aliphatic heterocycles. The number of carbonyl (C=O) groups excluding carboxylic acids is 2. The second kappa shape index (κ2) is 8.81. The summed E-state index contributed by atoms with van der Waals surface area (Å²) in [5.41, 5.74) is 4.05. The predicted octanol–water partition coefficient (Wildman–Crippen LogP) is 3.50. The number of nitrogens with zero attached hydrogens (tertiary/aromatic N) is 3. The Labute approximate surface area is 181 Å². The van der Waals surface area contributed by atoms with Crippen LogP contribution in [0.15, 0.2) is 42.6 Å². The van der Waals surface area contributed by atoms with Crippen LogP contribution in [0.3, 0.4) is 0 Å². The monoisotopic (exact) mass is 418 g/mol. The van der Waals surface area contributed by atoms with Gasteiger partial charge in [0.2, 0.25) is 0 Å². The van der Waals surface area contributed by atoms with Gasteiger partial charge in [0.15, 0.2) is 6.10 Å². The Kier molecular flexibility index (Phi) is 5.95. The summed E-state index contributed by atoms with van der Waals surface area (Å²) in [7, 11) is 2.02. The lowest BCUT2D eigenvalue weighted by Gasteiger charge is -2.27. The average molecular weight is 418 g/mol. The quantitative estimate of drug-likeness (QED) is 0.639. The molecule has 0 aliphatic carbocycles. The van der Waals surface area contributed by atoms with Crippen molar-refractivity contribution in [1.29, 1.82) is 0 Å². The zero-order valence-electron chi connectivity index (χ0n) is 18.0. The molecular weight excluding hydrogens is 392 g/mol. The number of amides is 1. The molecule has 0 fully saturated rings. The highest BCUT2D eigenvalue weighted by Crippen LogP contribution is 2.29. The van der Waals surface area contributed by atoms with E-state index in [2.05, 4.69) is 15.2 Å². The highest BCUT2D eigenvalue weighted by Gasteiger charge is 2.29. The molecule has 31 heavy (non-hydrogen) atoms. The third-order valence-electron chi connectivity index (χ3n) is 5.52. The third-order valence-corrected chi connectivity index (χ3v) is 5.52. The number of aromatic nitrogens is 2. The maximum absolute atomic E-state index is 13.4. The molecule has 2 aromatic heterocycles. The summed E-state index contributed by atoms with van der Waals surface area (Å²) in [4.78, 5) is 37.2. The van der Waals surface area contributed by atoms with E-state index in [0.717, 1.165) is 40.7 Å². The molecule has 1 N–H and O–H groups in total. The number of pyridine rings is 2. The van der Waals surface area contributed by atoms with Crippen molar-refractivity contribution >= 4 is 28.6 Å². The van der Waals surface area contributed by atoms with Crippen molar-refractivity contribution in [2.75, 3.05) is 18.9 Å². The van der Waals surface area contributed by atoms with Crippen molar-refractivity contribution in [3.05, 3.63) is 65.0 Å². The van der Waals surface area contributed by atoms with Gasteiger partial charge in [0, 0.05) is 42.4 Å². The highest BCUT2D eigenvalue weighted by molar-refractivity contribution is 6.06. The van der Waals surface area contributed by atoms with Gasteiger partial charge < -0.3 is 15.0 Å². The number of benzene rings is 1. The summed E-state index contributed by atoms with van der Waals surface area (Å²) >= 11 is 0. The van der Waals surface area contributed by atoms with Crippen LogP contribution < -0.4 is 5.32 Å². The fraction of sp³-hybridized carbons (Fsp3) is 0.333. The number of para-hydroxylation sites is 1. The Hall–Kier alpha value is -3.32. The maximum atomic E-state index is 13.4. The van der Waals surface area contributed by atoms with Crippen LogP contribution in [-0.2, 0) is 22.5 Å². The van der Waals surface area contributed by atoms with Crippen LogP contribution in [0.25, 0.3) is 10.9 Å². The van der Waals surface area contributed by atoms with Crippen molar-refractivity contribution in [3.63, 3.8) is 0 Å². The van der Waals surface area contributed by atoms with E-state index in [4.69, 9.17) is 9.72 Å². The first-order valence-electron chi connectivity index (χ1n) is 10.5. The van der Waals surface area contributed by atoms with Crippen LogP contribution in [-0.4, -0.2) is 46.4 Å². The number of nitrogens with one attached hydrogen (secondary N) is 1. The van der Waals surface area contributed by atoms with Gasteiger partial charge in [-0.2, -0.15) is 0 Å². The zero-order valence-corrected chi connectivity index (χ0v) is 18.0. The normalized spacial score (nSPS) is 14.7. The molecule has 0 saturated carbocycles. The molecule has 7 heteroatoms. The maximum Gasteiger partial charge on any atom is 0.340 e. The molecule has 0 spiro atoms. The molecule has 7 nitrogen and oxygen atoms in total. The van der Waals surface area contributed by atoms with Crippen LogP contribution in [0.1, 0.15) is 40.5 Å². The number of likely N-dealkylation sites (N-methyl/N-ethyl adjacent to an activating group) is 1. The summed E-state index contributed by atoms with van der Waals surface area (Å²) in [5.74, 6) is -0.449. The number of fused-ring (bicyclic) bond motifs is 2. The fourth-order valence-corrected chi connectivity index (χ4v) is 3.88.